The zero-order chi connectivity index (χ0) is 18.0. The van der Waals surface area contributed by atoms with Crippen LogP contribution in [0.5, 0.6) is 0 Å². The normalized spacial score (nSPS) is 12.0. The largest absolute Gasteiger partial charge is 0.451 e. The third-order valence-corrected chi connectivity index (χ3v) is 4.02. The van der Waals surface area contributed by atoms with Crippen LogP contribution < -0.4 is 0 Å². The number of nitrogens with zero attached hydrogens (tertiary/aromatic N) is 1. The van der Waals surface area contributed by atoms with Crippen molar-refractivity contribution < 1.29 is 14.3 Å². The molecule has 0 aliphatic carbocycles. The molecule has 0 bridgehead atoms. The van der Waals surface area contributed by atoms with Gasteiger partial charge in [-0.3, -0.25) is 9.78 Å². The number of ether oxygens (including phenoxy) is 1. The van der Waals surface area contributed by atoms with Crippen LogP contribution in [0.1, 0.15) is 38.9 Å². The predicted molar refractivity (Wildman–Crippen MR) is 96.9 cm³/mol. The molecule has 126 valence electrons. The van der Waals surface area contributed by atoms with Gasteiger partial charge >= 0.3 is 5.97 Å². The minimum absolute atomic E-state index is 0.222. The first-order valence-corrected chi connectivity index (χ1v) is 8.14. The van der Waals surface area contributed by atoms with Gasteiger partial charge < -0.3 is 4.74 Å². The zero-order valence-corrected chi connectivity index (χ0v) is 14.4. The average molecular weight is 333 g/mol. The van der Waals surface area contributed by atoms with Crippen molar-refractivity contribution in [3.63, 3.8) is 0 Å². The molecule has 1 atom stereocenters. The van der Waals surface area contributed by atoms with Crippen LogP contribution in [0.3, 0.4) is 0 Å². The van der Waals surface area contributed by atoms with E-state index < -0.39 is 12.1 Å². The Balaban J connectivity index is 1.90. The highest BCUT2D eigenvalue weighted by molar-refractivity contribution is 6.06. The van der Waals surface area contributed by atoms with Crippen molar-refractivity contribution in [2.45, 2.75) is 26.9 Å². The molecule has 0 saturated carbocycles. The van der Waals surface area contributed by atoms with Gasteiger partial charge in [0.15, 0.2) is 6.10 Å². The second-order valence-electron chi connectivity index (χ2n) is 6.11. The highest BCUT2D eigenvalue weighted by Gasteiger charge is 2.22. The van der Waals surface area contributed by atoms with Gasteiger partial charge in [0.1, 0.15) is 0 Å². The number of carbonyl (C=O) groups is 2. The molecule has 0 N–H and O–H groups in total. The maximum atomic E-state index is 12.7. The lowest BCUT2D eigenvalue weighted by Gasteiger charge is -2.14. The first-order chi connectivity index (χ1) is 12.0. The average Bonchev–Trinajstić information content (AvgIpc) is 2.61. The summed E-state index contributed by atoms with van der Waals surface area (Å²) in [5.74, 6) is -0.738. The van der Waals surface area contributed by atoms with Gasteiger partial charge in [0.25, 0.3) is 0 Å². The van der Waals surface area contributed by atoms with Gasteiger partial charge in [-0.15, -0.1) is 0 Å². The molecule has 0 unspecified atom stereocenters. The monoisotopic (exact) mass is 333 g/mol. The smallest absolute Gasteiger partial charge is 0.339 e. The molecule has 4 heteroatoms. The number of ketones is 1. The summed E-state index contributed by atoms with van der Waals surface area (Å²) < 4.78 is 5.44. The third-order valence-electron chi connectivity index (χ3n) is 4.02. The van der Waals surface area contributed by atoms with E-state index >= 15 is 0 Å². The summed E-state index contributed by atoms with van der Waals surface area (Å²) >= 11 is 0. The Hall–Kier alpha value is -3.01. The highest BCUT2D eigenvalue weighted by atomic mass is 16.5. The van der Waals surface area contributed by atoms with Gasteiger partial charge in [0, 0.05) is 16.6 Å². The van der Waals surface area contributed by atoms with E-state index in [-0.39, 0.29) is 5.78 Å². The van der Waals surface area contributed by atoms with Gasteiger partial charge in [-0.2, -0.15) is 0 Å². The molecule has 3 rings (SSSR count). The van der Waals surface area contributed by atoms with E-state index in [1.807, 2.05) is 38.1 Å². The lowest BCUT2D eigenvalue weighted by Crippen LogP contribution is -2.24. The number of benzene rings is 2. The fourth-order valence-electron chi connectivity index (χ4n) is 2.76. The van der Waals surface area contributed by atoms with Crippen molar-refractivity contribution >= 4 is 22.7 Å². The minimum Gasteiger partial charge on any atom is -0.451 e. The number of fused-ring (bicyclic) bond motifs is 1. The van der Waals surface area contributed by atoms with Crippen LogP contribution in [0.15, 0.2) is 54.6 Å². The molecule has 25 heavy (non-hydrogen) atoms. The van der Waals surface area contributed by atoms with Crippen LogP contribution in [-0.2, 0) is 4.74 Å². The van der Waals surface area contributed by atoms with Gasteiger partial charge in [-0.05, 0) is 39.0 Å². The van der Waals surface area contributed by atoms with Crippen molar-refractivity contribution in [3.05, 3.63) is 77.0 Å². The van der Waals surface area contributed by atoms with Crippen molar-refractivity contribution in [1.82, 2.24) is 4.98 Å². The second-order valence-corrected chi connectivity index (χ2v) is 6.11. The molecule has 1 heterocycles. The van der Waals surface area contributed by atoms with Gasteiger partial charge in [0.2, 0.25) is 5.78 Å². The molecule has 0 fully saturated rings. The molecule has 4 nitrogen and oxygen atoms in total. The number of carbonyl (C=O) groups excluding carboxylic acids is 2. The first-order valence-electron chi connectivity index (χ1n) is 8.14. The van der Waals surface area contributed by atoms with E-state index in [9.17, 15) is 9.59 Å². The molecule has 0 amide bonds. The quantitative estimate of drug-likeness (QED) is 0.528. The maximum absolute atomic E-state index is 12.7. The van der Waals surface area contributed by atoms with E-state index in [2.05, 4.69) is 4.98 Å². The van der Waals surface area contributed by atoms with Crippen LogP contribution >= 0.6 is 0 Å². The fourth-order valence-corrected chi connectivity index (χ4v) is 2.76. The molecule has 0 aliphatic heterocycles. The van der Waals surface area contributed by atoms with Crippen LogP contribution in [-0.4, -0.2) is 22.8 Å². The Morgan fingerprint density at radius 1 is 1.00 bits per heavy atom. The summed E-state index contributed by atoms with van der Waals surface area (Å²) in [5, 5.41) is 0.731. The number of hydrogen-bond donors (Lipinski definition) is 0. The Bertz CT molecular complexity index is 948. The Kier molecular flexibility index (Phi) is 4.61. The van der Waals surface area contributed by atoms with E-state index in [0.717, 1.165) is 22.2 Å². The summed E-state index contributed by atoms with van der Waals surface area (Å²) in [7, 11) is 0. The van der Waals surface area contributed by atoms with Crippen LogP contribution in [0.4, 0.5) is 0 Å². The van der Waals surface area contributed by atoms with Gasteiger partial charge in [-0.25, -0.2) is 4.79 Å². The van der Waals surface area contributed by atoms with E-state index in [0.29, 0.717) is 11.1 Å². The first kappa shape index (κ1) is 16.8. The number of esters is 1. The van der Waals surface area contributed by atoms with Gasteiger partial charge in [0.05, 0.1) is 11.1 Å². The molecule has 0 saturated heterocycles. The lowest BCUT2D eigenvalue weighted by molar-refractivity contribution is 0.0320. The summed E-state index contributed by atoms with van der Waals surface area (Å²) in [6, 6.07) is 16.3. The number of rotatable bonds is 4. The summed E-state index contributed by atoms with van der Waals surface area (Å²) in [5.41, 5.74) is 3.44. The van der Waals surface area contributed by atoms with E-state index in [4.69, 9.17) is 4.74 Å². The van der Waals surface area contributed by atoms with Crippen molar-refractivity contribution in [3.8, 4) is 0 Å². The molecular formula is C21H19NO3. The Morgan fingerprint density at radius 3 is 2.44 bits per heavy atom. The summed E-state index contributed by atoms with van der Waals surface area (Å²) in [4.78, 5) is 29.5. The molecule has 3 aromatic rings. The van der Waals surface area contributed by atoms with Gasteiger partial charge in [-0.1, -0.05) is 42.0 Å². The predicted octanol–water partition coefficient (Wildman–Crippen LogP) is 4.28. The summed E-state index contributed by atoms with van der Waals surface area (Å²) in [6.07, 6.45) is -0.858. The SMILES string of the molecule is Cc1ccc2nc(C)cc(C(=O)O[C@@H](C)C(=O)c3ccccc3)c2c1. The van der Waals surface area contributed by atoms with E-state index in [1.165, 1.54) is 0 Å². The lowest BCUT2D eigenvalue weighted by atomic mass is 10.0. The Labute approximate surface area is 146 Å². The minimum atomic E-state index is -0.858. The highest BCUT2D eigenvalue weighted by Crippen LogP contribution is 2.21. The van der Waals surface area contributed by atoms with Crippen LogP contribution in [0.2, 0.25) is 0 Å². The Morgan fingerprint density at radius 2 is 1.72 bits per heavy atom. The molecule has 2 aromatic carbocycles. The summed E-state index contributed by atoms with van der Waals surface area (Å²) in [6.45, 7) is 5.37. The van der Waals surface area contributed by atoms with Crippen molar-refractivity contribution in [1.29, 1.82) is 0 Å². The number of aryl methyl sites for hydroxylation is 2. The topological polar surface area (TPSA) is 56.3 Å². The van der Waals surface area contributed by atoms with Crippen molar-refractivity contribution in [2.24, 2.45) is 0 Å². The third kappa shape index (κ3) is 3.58. The van der Waals surface area contributed by atoms with Crippen molar-refractivity contribution in [2.75, 3.05) is 0 Å². The van der Waals surface area contributed by atoms with Crippen LogP contribution in [0.25, 0.3) is 10.9 Å². The number of Topliss-reactive ketones (excluding diaryl/α,β-unsaturated/α-hetero) is 1. The molecule has 0 spiro atoms. The molecular weight excluding hydrogens is 314 g/mol. The second kappa shape index (κ2) is 6.85. The molecule has 0 aliphatic rings. The van der Waals surface area contributed by atoms with E-state index in [1.54, 1.807) is 37.3 Å². The standard InChI is InChI=1S/C21H19NO3/c1-13-9-10-19-17(11-13)18(12-14(2)22-19)21(24)25-15(3)20(23)16-7-5-4-6-8-16/h4-12,15H,1-3H3/t15-/m0/s1. The van der Waals surface area contributed by atoms with Crippen LogP contribution in [0, 0.1) is 13.8 Å². The number of aromatic nitrogens is 1. The fraction of sp³-hybridized carbons (Fsp3) is 0.190. The zero-order valence-electron chi connectivity index (χ0n) is 14.4. The molecule has 0 radical (unpaired) electrons. The number of hydrogen-bond acceptors (Lipinski definition) is 4. The number of pyridine rings is 1. The maximum Gasteiger partial charge on any atom is 0.339 e. The molecule has 1 aromatic heterocycles.